The monoisotopic (exact) mass is 281 g/mol. The van der Waals surface area contributed by atoms with Crippen LogP contribution in [0.3, 0.4) is 0 Å². The largest absolute Gasteiger partial charge is 0.395 e. The van der Waals surface area contributed by atoms with Gasteiger partial charge in [-0.2, -0.15) is 0 Å². The van der Waals surface area contributed by atoms with E-state index in [1.54, 1.807) is 0 Å². The molecule has 0 saturated heterocycles. The SMILES string of the molecule is CCCCN(CCO)C(=O)C1CCC2CCCCC2C1. The van der Waals surface area contributed by atoms with Crippen molar-refractivity contribution in [1.29, 1.82) is 0 Å². The van der Waals surface area contributed by atoms with Crippen molar-refractivity contribution in [3.05, 3.63) is 0 Å². The lowest BCUT2D eigenvalue weighted by Crippen LogP contribution is -2.42. The van der Waals surface area contributed by atoms with Gasteiger partial charge in [0, 0.05) is 19.0 Å². The Morgan fingerprint density at radius 1 is 1.10 bits per heavy atom. The summed E-state index contributed by atoms with van der Waals surface area (Å²) in [6.45, 7) is 3.58. The number of nitrogens with zero attached hydrogens (tertiary/aromatic N) is 1. The highest BCUT2D eigenvalue weighted by atomic mass is 16.3. The molecule has 0 aliphatic heterocycles. The first-order valence-electron chi connectivity index (χ1n) is 8.66. The molecule has 0 heterocycles. The number of unbranched alkanes of at least 4 members (excludes halogenated alkanes) is 1. The number of rotatable bonds is 6. The Bertz CT molecular complexity index is 305. The van der Waals surface area contributed by atoms with E-state index in [2.05, 4.69) is 6.92 Å². The maximum Gasteiger partial charge on any atom is 0.225 e. The van der Waals surface area contributed by atoms with Gasteiger partial charge in [0.25, 0.3) is 0 Å². The molecule has 2 rings (SSSR count). The molecule has 1 amide bonds. The zero-order valence-corrected chi connectivity index (χ0v) is 13.0. The Morgan fingerprint density at radius 2 is 1.85 bits per heavy atom. The predicted octanol–water partition coefficient (Wildman–Crippen LogP) is 3.21. The van der Waals surface area contributed by atoms with Crippen LogP contribution in [0.15, 0.2) is 0 Å². The van der Waals surface area contributed by atoms with E-state index >= 15 is 0 Å². The van der Waals surface area contributed by atoms with Crippen LogP contribution in [0.1, 0.15) is 64.7 Å². The summed E-state index contributed by atoms with van der Waals surface area (Å²) in [6, 6.07) is 0. The molecule has 2 fully saturated rings. The van der Waals surface area contributed by atoms with Crippen molar-refractivity contribution < 1.29 is 9.90 Å². The molecular formula is C17H31NO2. The number of hydrogen-bond donors (Lipinski definition) is 1. The summed E-state index contributed by atoms with van der Waals surface area (Å²) >= 11 is 0. The number of carbonyl (C=O) groups excluding carboxylic acids is 1. The lowest BCUT2D eigenvalue weighted by atomic mass is 9.67. The zero-order valence-electron chi connectivity index (χ0n) is 13.0. The topological polar surface area (TPSA) is 40.5 Å². The molecule has 2 saturated carbocycles. The van der Waals surface area contributed by atoms with E-state index in [0.717, 1.165) is 44.1 Å². The maximum absolute atomic E-state index is 12.7. The van der Waals surface area contributed by atoms with E-state index in [0.29, 0.717) is 12.5 Å². The number of carbonyl (C=O) groups is 1. The van der Waals surface area contributed by atoms with Crippen LogP contribution in [0.25, 0.3) is 0 Å². The summed E-state index contributed by atoms with van der Waals surface area (Å²) < 4.78 is 0. The van der Waals surface area contributed by atoms with Crippen LogP contribution in [-0.4, -0.2) is 35.6 Å². The highest BCUT2D eigenvalue weighted by molar-refractivity contribution is 5.79. The van der Waals surface area contributed by atoms with Crippen molar-refractivity contribution in [1.82, 2.24) is 4.90 Å². The van der Waals surface area contributed by atoms with E-state index in [9.17, 15) is 9.90 Å². The van der Waals surface area contributed by atoms with Crippen molar-refractivity contribution in [3.63, 3.8) is 0 Å². The van der Waals surface area contributed by atoms with Gasteiger partial charge in [0.15, 0.2) is 0 Å². The molecule has 3 heteroatoms. The molecule has 3 nitrogen and oxygen atoms in total. The molecule has 2 aliphatic carbocycles. The van der Waals surface area contributed by atoms with Gasteiger partial charge in [-0.15, -0.1) is 0 Å². The summed E-state index contributed by atoms with van der Waals surface area (Å²) in [5, 5.41) is 9.18. The molecule has 3 atom stereocenters. The number of amides is 1. The van der Waals surface area contributed by atoms with Gasteiger partial charge in [-0.05, 0) is 37.5 Å². The van der Waals surface area contributed by atoms with E-state index in [1.807, 2.05) is 4.90 Å². The third-order valence-electron chi connectivity index (χ3n) is 5.35. The summed E-state index contributed by atoms with van der Waals surface area (Å²) in [5.74, 6) is 2.25. The first-order valence-corrected chi connectivity index (χ1v) is 8.66. The Kier molecular flexibility index (Phi) is 6.34. The van der Waals surface area contributed by atoms with Gasteiger partial charge in [-0.1, -0.05) is 39.0 Å². The van der Waals surface area contributed by atoms with Crippen LogP contribution in [0.4, 0.5) is 0 Å². The van der Waals surface area contributed by atoms with Crippen molar-refractivity contribution in [2.45, 2.75) is 64.7 Å². The fourth-order valence-corrected chi connectivity index (χ4v) is 4.16. The summed E-state index contributed by atoms with van der Waals surface area (Å²) in [4.78, 5) is 14.6. The number of aliphatic hydroxyl groups is 1. The summed E-state index contributed by atoms with van der Waals surface area (Å²) in [6.07, 6.45) is 11.1. The molecular weight excluding hydrogens is 250 g/mol. The quantitative estimate of drug-likeness (QED) is 0.812. The van der Waals surface area contributed by atoms with Crippen LogP contribution >= 0.6 is 0 Å². The number of aliphatic hydroxyl groups excluding tert-OH is 1. The first-order chi connectivity index (χ1) is 9.76. The summed E-state index contributed by atoms with van der Waals surface area (Å²) in [5.41, 5.74) is 0. The Labute approximate surface area is 123 Å². The van der Waals surface area contributed by atoms with E-state index < -0.39 is 0 Å². The van der Waals surface area contributed by atoms with Crippen LogP contribution in [0.2, 0.25) is 0 Å². The van der Waals surface area contributed by atoms with Crippen LogP contribution in [-0.2, 0) is 4.79 Å². The van der Waals surface area contributed by atoms with Crippen LogP contribution in [0.5, 0.6) is 0 Å². The molecule has 2 aliphatic rings. The van der Waals surface area contributed by atoms with E-state index in [4.69, 9.17) is 0 Å². The van der Waals surface area contributed by atoms with Gasteiger partial charge in [0.05, 0.1) is 6.61 Å². The molecule has 0 aromatic heterocycles. The minimum atomic E-state index is 0.0915. The lowest BCUT2D eigenvalue weighted by Gasteiger charge is -2.40. The minimum absolute atomic E-state index is 0.0915. The van der Waals surface area contributed by atoms with Crippen molar-refractivity contribution >= 4 is 5.91 Å². The van der Waals surface area contributed by atoms with Crippen molar-refractivity contribution in [2.75, 3.05) is 19.7 Å². The Hall–Kier alpha value is -0.570. The molecule has 0 aromatic rings. The standard InChI is InChI=1S/C17H31NO2/c1-2-3-10-18(11-12-19)17(20)16-9-8-14-6-4-5-7-15(14)13-16/h14-16,19H,2-13H2,1H3. The van der Waals surface area contributed by atoms with Gasteiger partial charge in [0.2, 0.25) is 5.91 Å². The molecule has 20 heavy (non-hydrogen) atoms. The Balaban J connectivity index is 1.89. The molecule has 116 valence electrons. The van der Waals surface area contributed by atoms with Crippen molar-refractivity contribution in [3.8, 4) is 0 Å². The zero-order chi connectivity index (χ0) is 14.4. The average Bonchev–Trinajstić information content (AvgIpc) is 2.50. The van der Waals surface area contributed by atoms with Crippen LogP contribution < -0.4 is 0 Å². The van der Waals surface area contributed by atoms with Gasteiger partial charge in [0.1, 0.15) is 0 Å². The van der Waals surface area contributed by atoms with Crippen molar-refractivity contribution in [2.24, 2.45) is 17.8 Å². The van der Waals surface area contributed by atoms with E-state index in [-0.39, 0.29) is 12.5 Å². The first kappa shape index (κ1) is 15.8. The third-order valence-corrected chi connectivity index (χ3v) is 5.35. The Morgan fingerprint density at radius 3 is 2.55 bits per heavy atom. The molecule has 3 unspecified atom stereocenters. The minimum Gasteiger partial charge on any atom is -0.395 e. The van der Waals surface area contributed by atoms with Gasteiger partial charge in [-0.3, -0.25) is 4.79 Å². The molecule has 1 N–H and O–H groups in total. The molecule has 0 aromatic carbocycles. The fourth-order valence-electron chi connectivity index (χ4n) is 4.16. The van der Waals surface area contributed by atoms with Gasteiger partial charge >= 0.3 is 0 Å². The summed E-state index contributed by atoms with van der Waals surface area (Å²) in [7, 11) is 0. The normalized spacial score (nSPS) is 29.8. The molecule has 0 bridgehead atoms. The maximum atomic E-state index is 12.7. The predicted molar refractivity (Wildman–Crippen MR) is 81.4 cm³/mol. The highest BCUT2D eigenvalue weighted by Gasteiger charge is 2.36. The van der Waals surface area contributed by atoms with Gasteiger partial charge in [-0.25, -0.2) is 0 Å². The lowest BCUT2D eigenvalue weighted by molar-refractivity contribution is -0.138. The fraction of sp³-hybridized carbons (Fsp3) is 0.941. The van der Waals surface area contributed by atoms with E-state index in [1.165, 1.54) is 32.1 Å². The second-order valence-electron chi connectivity index (χ2n) is 6.72. The number of hydrogen-bond acceptors (Lipinski definition) is 2. The number of fused-ring (bicyclic) bond motifs is 1. The average molecular weight is 281 g/mol. The third kappa shape index (κ3) is 3.97. The second-order valence-corrected chi connectivity index (χ2v) is 6.72. The molecule has 0 radical (unpaired) electrons. The van der Waals surface area contributed by atoms with Crippen LogP contribution in [0, 0.1) is 17.8 Å². The van der Waals surface area contributed by atoms with Gasteiger partial charge < -0.3 is 10.0 Å². The smallest absolute Gasteiger partial charge is 0.225 e. The molecule has 0 spiro atoms. The highest BCUT2D eigenvalue weighted by Crippen LogP contribution is 2.43. The second kappa shape index (κ2) is 8.02.